The zero-order valence-electron chi connectivity index (χ0n) is 8.79. The minimum Gasteiger partial charge on any atom is -0.369 e. The summed E-state index contributed by atoms with van der Waals surface area (Å²) in [6.07, 6.45) is 0.949. The molecule has 1 heterocycles. The molecule has 76 valence electrons. The molecule has 0 spiro atoms. The van der Waals surface area contributed by atoms with E-state index in [4.69, 9.17) is 10.5 Å². The highest BCUT2D eigenvalue weighted by molar-refractivity contribution is 5.28. The van der Waals surface area contributed by atoms with Gasteiger partial charge < -0.3 is 10.5 Å². The molecule has 0 saturated carbocycles. The van der Waals surface area contributed by atoms with Gasteiger partial charge in [-0.25, -0.2) is 0 Å². The first-order valence-corrected chi connectivity index (χ1v) is 5.09. The van der Waals surface area contributed by atoms with E-state index in [0.29, 0.717) is 0 Å². The van der Waals surface area contributed by atoms with Crippen LogP contribution in [-0.4, -0.2) is 12.6 Å². The second kappa shape index (κ2) is 3.37. The fraction of sp³-hybridized carbons (Fsp3) is 0.500. The fourth-order valence-electron chi connectivity index (χ4n) is 1.96. The third kappa shape index (κ3) is 1.45. The summed E-state index contributed by atoms with van der Waals surface area (Å²) in [4.78, 5) is 0. The highest BCUT2D eigenvalue weighted by Crippen LogP contribution is 2.34. The third-order valence-electron chi connectivity index (χ3n) is 3.16. The molecule has 2 unspecified atom stereocenters. The zero-order valence-corrected chi connectivity index (χ0v) is 8.79. The highest BCUT2D eigenvalue weighted by atomic mass is 16.5. The van der Waals surface area contributed by atoms with Crippen LogP contribution in [0.5, 0.6) is 0 Å². The van der Waals surface area contributed by atoms with Crippen LogP contribution < -0.4 is 5.73 Å². The van der Waals surface area contributed by atoms with Crippen molar-refractivity contribution in [3.05, 3.63) is 35.4 Å². The first-order chi connectivity index (χ1) is 6.63. The molecule has 14 heavy (non-hydrogen) atoms. The van der Waals surface area contributed by atoms with Crippen LogP contribution in [0, 0.1) is 6.92 Å². The van der Waals surface area contributed by atoms with E-state index in [0.717, 1.165) is 13.0 Å². The quantitative estimate of drug-likeness (QED) is 0.736. The van der Waals surface area contributed by atoms with Gasteiger partial charge in [0.05, 0.1) is 0 Å². The lowest BCUT2D eigenvalue weighted by Gasteiger charge is -2.28. The summed E-state index contributed by atoms with van der Waals surface area (Å²) in [5.41, 5.74) is 8.23. The van der Waals surface area contributed by atoms with E-state index in [1.807, 2.05) is 0 Å². The Hall–Kier alpha value is -0.860. The minimum absolute atomic E-state index is 0.116. The summed E-state index contributed by atoms with van der Waals surface area (Å²) in [6, 6.07) is 8.55. The van der Waals surface area contributed by atoms with Gasteiger partial charge >= 0.3 is 0 Å². The molecule has 2 rings (SSSR count). The van der Waals surface area contributed by atoms with Crippen LogP contribution in [0.15, 0.2) is 24.3 Å². The monoisotopic (exact) mass is 191 g/mol. The number of hydrogen-bond acceptors (Lipinski definition) is 2. The molecule has 1 aliphatic rings. The van der Waals surface area contributed by atoms with E-state index < -0.39 is 0 Å². The lowest BCUT2D eigenvalue weighted by atomic mass is 9.88. The number of nitrogens with two attached hydrogens (primary N) is 1. The normalized spacial score (nSPS) is 32.1. The van der Waals surface area contributed by atoms with Crippen LogP contribution >= 0.6 is 0 Å². The molecule has 1 aromatic carbocycles. The second-order valence-electron chi connectivity index (χ2n) is 4.22. The van der Waals surface area contributed by atoms with E-state index in [-0.39, 0.29) is 11.6 Å². The van der Waals surface area contributed by atoms with E-state index in [1.165, 1.54) is 11.1 Å². The van der Waals surface area contributed by atoms with Crippen molar-refractivity contribution in [3.63, 3.8) is 0 Å². The largest absolute Gasteiger partial charge is 0.369 e. The molecular weight excluding hydrogens is 174 g/mol. The molecule has 0 amide bonds. The van der Waals surface area contributed by atoms with E-state index in [9.17, 15) is 0 Å². The SMILES string of the molecule is Cc1ccc(C2(C)OCCC2N)cc1. The molecule has 0 aliphatic carbocycles. The average molecular weight is 191 g/mol. The zero-order chi connectivity index (χ0) is 10.2. The highest BCUT2D eigenvalue weighted by Gasteiger charge is 2.39. The Labute approximate surface area is 85.1 Å². The first-order valence-electron chi connectivity index (χ1n) is 5.09. The molecule has 0 radical (unpaired) electrons. The van der Waals surface area contributed by atoms with Crippen molar-refractivity contribution in [3.8, 4) is 0 Å². The van der Waals surface area contributed by atoms with Gasteiger partial charge in [-0.2, -0.15) is 0 Å². The lowest BCUT2D eigenvalue weighted by Crippen LogP contribution is -2.39. The van der Waals surface area contributed by atoms with Crippen LogP contribution in [0.3, 0.4) is 0 Å². The summed E-state index contributed by atoms with van der Waals surface area (Å²) in [5, 5.41) is 0. The van der Waals surface area contributed by atoms with Gasteiger partial charge in [0, 0.05) is 12.6 Å². The second-order valence-corrected chi connectivity index (χ2v) is 4.22. The maximum atomic E-state index is 6.06. The van der Waals surface area contributed by atoms with Gasteiger partial charge in [0.1, 0.15) is 5.60 Å². The Balaban J connectivity index is 2.34. The van der Waals surface area contributed by atoms with Gasteiger partial charge in [-0.1, -0.05) is 29.8 Å². The van der Waals surface area contributed by atoms with Crippen molar-refractivity contribution < 1.29 is 4.74 Å². The third-order valence-corrected chi connectivity index (χ3v) is 3.16. The van der Waals surface area contributed by atoms with Gasteiger partial charge in [0.2, 0.25) is 0 Å². The van der Waals surface area contributed by atoms with Crippen LogP contribution in [0.4, 0.5) is 0 Å². The summed E-state index contributed by atoms with van der Waals surface area (Å²) >= 11 is 0. The summed E-state index contributed by atoms with van der Waals surface area (Å²) in [6.45, 7) is 4.93. The van der Waals surface area contributed by atoms with Gasteiger partial charge in [0.25, 0.3) is 0 Å². The molecular formula is C12H17NO. The molecule has 1 aromatic rings. The Bertz CT molecular complexity index is 320. The van der Waals surface area contributed by atoms with Gasteiger partial charge in [-0.05, 0) is 25.8 Å². The number of hydrogen-bond donors (Lipinski definition) is 1. The van der Waals surface area contributed by atoms with Gasteiger partial charge in [-0.3, -0.25) is 0 Å². The Morgan fingerprint density at radius 1 is 1.36 bits per heavy atom. The topological polar surface area (TPSA) is 35.2 Å². The van der Waals surface area contributed by atoms with Gasteiger partial charge in [-0.15, -0.1) is 0 Å². The maximum Gasteiger partial charge on any atom is 0.105 e. The average Bonchev–Trinajstić information content (AvgIpc) is 2.49. The summed E-state index contributed by atoms with van der Waals surface area (Å²) < 4.78 is 5.75. The Kier molecular flexibility index (Phi) is 2.33. The fourth-order valence-corrected chi connectivity index (χ4v) is 1.96. The van der Waals surface area contributed by atoms with Crippen molar-refractivity contribution in [2.75, 3.05) is 6.61 Å². The van der Waals surface area contributed by atoms with Crippen molar-refractivity contribution in [1.29, 1.82) is 0 Å². The molecule has 2 heteroatoms. The van der Waals surface area contributed by atoms with Crippen LogP contribution in [0.25, 0.3) is 0 Å². The minimum atomic E-state index is -0.284. The summed E-state index contributed by atoms with van der Waals surface area (Å²) in [7, 11) is 0. The predicted molar refractivity (Wildman–Crippen MR) is 57.1 cm³/mol. The van der Waals surface area contributed by atoms with E-state index >= 15 is 0 Å². The molecule has 1 saturated heterocycles. The number of ether oxygens (including phenoxy) is 1. The molecule has 1 fully saturated rings. The lowest BCUT2D eigenvalue weighted by molar-refractivity contribution is 0.00804. The molecule has 0 aromatic heterocycles. The number of benzene rings is 1. The van der Waals surface area contributed by atoms with Crippen LogP contribution in [0.1, 0.15) is 24.5 Å². The van der Waals surface area contributed by atoms with Crippen LogP contribution in [0.2, 0.25) is 0 Å². The van der Waals surface area contributed by atoms with Crippen molar-refractivity contribution in [2.24, 2.45) is 5.73 Å². The molecule has 2 nitrogen and oxygen atoms in total. The number of aryl methyl sites for hydroxylation is 1. The Morgan fingerprint density at radius 3 is 2.50 bits per heavy atom. The molecule has 0 bridgehead atoms. The summed E-state index contributed by atoms with van der Waals surface area (Å²) in [5.74, 6) is 0. The van der Waals surface area contributed by atoms with Crippen molar-refractivity contribution in [2.45, 2.75) is 31.9 Å². The molecule has 1 aliphatic heterocycles. The van der Waals surface area contributed by atoms with Crippen molar-refractivity contribution in [1.82, 2.24) is 0 Å². The molecule has 2 atom stereocenters. The first kappa shape index (κ1) is 9.69. The number of rotatable bonds is 1. The Morgan fingerprint density at radius 2 is 2.00 bits per heavy atom. The standard InChI is InChI=1S/C12H17NO/c1-9-3-5-10(6-4-9)12(2)11(13)7-8-14-12/h3-6,11H,7-8,13H2,1-2H3. The smallest absolute Gasteiger partial charge is 0.105 e. The molecule has 2 N–H and O–H groups in total. The van der Waals surface area contributed by atoms with E-state index in [1.54, 1.807) is 0 Å². The predicted octanol–water partition coefficient (Wildman–Crippen LogP) is 1.96. The van der Waals surface area contributed by atoms with Crippen molar-refractivity contribution >= 4 is 0 Å². The van der Waals surface area contributed by atoms with Crippen LogP contribution in [-0.2, 0) is 10.3 Å². The van der Waals surface area contributed by atoms with Gasteiger partial charge in [0.15, 0.2) is 0 Å². The maximum absolute atomic E-state index is 6.06. The van der Waals surface area contributed by atoms with E-state index in [2.05, 4.69) is 38.1 Å².